The summed E-state index contributed by atoms with van der Waals surface area (Å²) in [6.45, 7) is -0.295. The van der Waals surface area contributed by atoms with Crippen LogP contribution >= 0.6 is 0 Å². The van der Waals surface area contributed by atoms with Gasteiger partial charge in [-0.1, -0.05) is 6.07 Å². The number of nitro groups is 1. The number of nitro benzene ring substituents is 1. The number of benzene rings is 1. The van der Waals surface area contributed by atoms with E-state index in [1.807, 2.05) is 0 Å². The molecule has 2 amide bonds. The summed E-state index contributed by atoms with van der Waals surface area (Å²) in [4.78, 5) is 34.6. The fourth-order valence-electron chi connectivity index (χ4n) is 1.92. The number of anilines is 1. The molecule has 0 unspecified atom stereocenters. The molecule has 1 fully saturated rings. The molecule has 1 N–H and O–H groups in total. The molecule has 1 saturated heterocycles. The van der Waals surface area contributed by atoms with Crippen LogP contribution in [0, 0.1) is 10.1 Å². The Morgan fingerprint density at radius 1 is 1.35 bits per heavy atom. The molecule has 20 heavy (non-hydrogen) atoms. The third-order valence-corrected chi connectivity index (χ3v) is 2.92. The van der Waals surface area contributed by atoms with Crippen LogP contribution in [-0.4, -0.2) is 41.9 Å². The minimum Gasteiger partial charge on any atom is -0.383 e. The molecule has 106 valence electrons. The quantitative estimate of drug-likeness (QED) is 0.490. The second-order valence-electron chi connectivity index (χ2n) is 4.23. The zero-order chi connectivity index (χ0) is 14.7. The Hall–Kier alpha value is -2.48. The first-order chi connectivity index (χ1) is 9.52. The van der Waals surface area contributed by atoms with Crippen LogP contribution in [0.3, 0.4) is 0 Å². The first kappa shape index (κ1) is 13.9. The first-order valence-electron chi connectivity index (χ1n) is 5.89. The number of ether oxygens (including phenoxy) is 1. The highest BCUT2D eigenvalue weighted by molar-refractivity contribution is 5.98. The summed E-state index contributed by atoms with van der Waals surface area (Å²) in [5.74, 6) is -0.886. The van der Waals surface area contributed by atoms with Crippen LogP contribution in [0.5, 0.6) is 0 Å². The minimum absolute atomic E-state index is 0.00581. The fraction of sp³-hybridized carbons (Fsp3) is 0.333. The van der Waals surface area contributed by atoms with Gasteiger partial charge in [0.25, 0.3) is 17.5 Å². The lowest BCUT2D eigenvalue weighted by molar-refractivity contribution is -0.384. The summed E-state index contributed by atoms with van der Waals surface area (Å²) >= 11 is 0. The summed E-state index contributed by atoms with van der Waals surface area (Å²) in [7, 11) is 1.58. The van der Waals surface area contributed by atoms with Crippen molar-refractivity contribution >= 4 is 23.2 Å². The predicted octanol–water partition coefficient (Wildman–Crippen LogP) is 0.522. The maximum atomic E-state index is 11.6. The third-order valence-electron chi connectivity index (χ3n) is 2.92. The minimum atomic E-state index is -0.516. The summed E-state index contributed by atoms with van der Waals surface area (Å²) in [6.07, 6.45) is 0. The highest BCUT2D eigenvalue weighted by Gasteiger charge is 2.27. The van der Waals surface area contributed by atoms with Crippen molar-refractivity contribution in [1.82, 2.24) is 4.90 Å². The van der Waals surface area contributed by atoms with Crippen LogP contribution in [0.15, 0.2) is 18.2 Å². The average molecular weight is 279 g/mol. The SMILES string of the molecule is CNc1ccc(CN2C(=O)COCC2=O)cc1[N+](=O)[O-]. The van der Waals surface area contributed by atoms with Crippen LogP contribution in [-0.2, 0) is 20.9 Å². The maximum Gasteiger partial charge on any atom is 0.292 e. The molecule has 2 rings (SSSR count). The number of rotatable bonds is 4. The molecule has 0 atom stereocenters. The van der Waals surface area contributed by atoms with Gasteiger partial charge in [-0.15, -0.1) is 0 Å². The Labute approximate surface area is 114 Å². The van der Waals surface area contributed by atoms with E-state index in [1.54, 1.807) is 19.2 Å². The Balaban J connectivity index is 2.25. The van der Waals surface area contributed by atoms with Crippen molar-refractivity contribution in [2.75, 3.05) is 25.6 Å². The van der Waals surface area contributed by atoms with Gasteiger partial charge < -0.3 is 10.1 Å². The number of hydrogen-bond acceptors (Lipinski definition) is 6. The van der Waals surface area contributed by atoms with Gasteiger partial charge in [0.2, 0.25) is 0 Å². The van der Waals surface area contributed by atoms with Gasteiger partial charge in [0, 0.05) is 13.1 Å². The molecule has 1 aromatic rings. The molecular weight excluding hydrogens is 266 g/mol. The molecule has 1 aromatic carbocycles. The largest absolute Gasteiger partial charge is 0.383 e. The number of hydrogen-bond donors (Lipinski definition) is 1. The second-order valence-corrected chi connectivity index (χ2v) is 4.23. The van der Waals surface area contributed by atoms with E-state index >= 15 is 0 Å². The molecule has 0 saturated carbocycles. The van der Waals surface area contributed by atoms with Gasteiger partial charge in [-0.3, -0.25) is 24.6 Å². The molecule has 0 aliphatic carbocycles. The van der Waals surface area contributed by atoms with Crippen LogP contribution in [0.25, 0.3) is 0 Å². The fourth-order valence-corrected chi connectivity index (χ4v) is 1.92. The molecule has 0 aromatic heterocycles. The van der Waals surface area contributed by atoms with Crippen molar-refractivity contribution in [2.45, 2.75) is 6.54 Å². The van der Waals surface area contributed by atoms with E-state index in [-0.39, 0.29) is 25.4 Å². The zero-order valence-electron chi connectivity index (χ0n) is 10.8. The van der Waals surface area contributed by atoms with E-state index in [4.69, 9.17) is 4.74 Å². The first-order valence-corrected chi connectivity index (χ1v) is 5.89. The maximum absolute atomic E-state index is 11.6. The van der Waals surface area contributed by atoms with Gasteiger partial charge in [0.05, 0.1) is 11.5 Å². The molecule has 0 radical (unpaired) electrons. The van der Waals surface area contributed by atoms with Gasteiger partial charge >= 0.3 is 0 Å². The number of carbonyl (C=O) groups is 2. The average Bonchev–Trinajstić information content (AvgIpc) is 2.43. The number of carbonyl (C=O) groups excluding carboxylic acids is 2. The highest BCUT2D eigenvalue weighted by Crippen LogP contribution is 2.25. The van der Waals surface area contributed by atoms with Gasteiger partial charge in [-0.25, -0.2) is 0 Å². The molecule has 8 nitrogen and oxygen atoms in total. The lowest BCUT2D eigenvalue weighted by Crippen LogP contribution is -2.45. The number of morpholine rings is 1. The highest BCUT2D eigenvalue weighted by atomic mass is 16.6. The molecule has 1 aliphatic heterocycles. The molecule has 0 spiro atoms. The van der Waals surface area contributed by atoms with Crippen LogP contribution in [0.2, 0.25) is 0 Å². The number of imide groups is 1. The van der Waals surface area contributed by atoms with Gasteiger partial charge in [-0.2, -0.15) is 0 Å². The normalized spacial score (nSPS) is 15.3. The lowest BCUT2D eigenvalue weighted by atomic mass is 10.1. The van der Waals surface area contributed by atoms with E-state index in [0.29, 0.717) is 11.3 Å². The van der Waals surface area contributed by atoms with Crippen molar-refractivity contribution in [3.63, 3.8) is 0 Å². The van der Waals surface area contributed by atoms with Gasteiger partial charge in [0.15, 0.2) is 0 Å². The van der Waals surface area contributed by atoms with E-state index in [9.17, 15) is 19.7 Å². The van der Waals surface area contributed by atoms with E-state index in [1.165, 1.54) is 6.07 Å². The van der Waals surface area contributed by atoms with Crippen LogP contribution in [0.4, 0.5) is 11.4 Å². The molecule has 1 heterocycles. The molecular formula is C12H13N3O5. The zero-order valence-corrected chi connectivity index (χ0v) is 10.8. The Morgan fingerprint density at radius 2 is 2.00 bits per heavy atom. The monoisotopic (exact) mass is 279 g/mol. The smallest absolute Gasteiger partial charge is 0.292 e. The summed E-state index contributed by atoms with van der Waals surface area (Å²) in [5, 5.41) is 13.7. The molecule has 8 heteroatoms. The summed E-state index contributed by atoms with van der Waals surface area (Å²) in [6, 6.07) is 4.53. The third kappa shape index (κ3) is 2.75. The Bertz CT molecular complexity index is 556. The van der Waals surface area contributed by atoms with Crippen LogP contribution in [0.1, 0.15) is 5.56 Å². The number of nitrogens with zero attached hydrogens (tertiary/aromatic N) is 2. The Kier molecular flexibility index (Phi) is 3.94. The predicted molar refractivity (Wildman–Crippen MR) is 69.0 cm³/mol. The lowest BCUT2D eigenvalue weighted by Gasteiger charge is -2.24. The number of amides is 2. The van der Waals surface area contributed by atoms with Crippen LogP contribution < -0.4 is 5.32 Å². The van der Waals surface area contributed by atoms with Crippen molar-refractivity contribution in [3.8, 4) is 0 Å². The van der Waals surface area contributed by atoms with E-state index < -0.39 is 16.7 Å². The van der Waals surface area contributed by atoms with Crippen molar-refractivity contribution in [1.29, 1.82) is 0 Å². The topological polar surface area (TPSA) is 102 Å². The summed E-state index contributed by atoms with van der Waals surface area (Å²) in [5.41, 5.74) is 0.788. The standard InChI is InChI=1S/C12H13N3O5/c1-13-9-3-2-8(4-10(9)15(18)19)5-14-11(16)6-20-7-12(14)17/h2-4,13H,5-7H2,1H3. The van der Waals surface area contributed by atoms with E-state index in [2.05, 4.69) is 5.32 Å². The number of nitrogens with one attached hydrogen (secondary N) is 1. The second kappa shape index (κ2) is 5.66. The van der Waals surface area contributed by atoms with Crippen molar-refractivity contribution < 1.29 is 19.2 Å². The molecule has 1 aliphatic rings. The van der Waals surface area contributed by atoms with E-state index in [0.717, 1.165) is 4.90 Å². The Morgan fingerprint density at radius 3 is 2.55 bits per heavy atom. The van der Waals surface area contributed by atoms with Crippen molar-refractivity contribution in [2.24, 2.45) is 0 Å². The van der Waals surface area contributed by atoms with Gasteiger partial charge in [0.1, 0.15) is 18.9 Å². The summed E-state index contributed by atoms with van der Waals surface area (Å²) < 4.78 is 4.80. The van der Waals surface area contributed by atoms with Gasteiger partial charge in [-0.05, 0) is 11.6 Å². The molecule has 0 bridgehead atoms. The van der Waals surface area contributed by atoms with Crippen molar-refractivity contribution in [3.05, 3.63) is 33.9 Å².